The molecule has 1 unspecified atom stereocenters. The van der Waals surface area contributed by atoms with E-state index in [1.807, 2.05) is 0 Å². The molecule has 1 aliphatic heterocycles. The van der Waals surface area contributed by atoms with Crippen LogP contribution in [0.2, 0.25) is 0 Å². The average Bonchev–Trinajstić information content (AvgIpc) is 2.23. The van der Waals surface area contributed by atoms with E-state index < -0.39 is 50.9 Å². The Bertz CT molecular complexity index is 352. The van der Waals surface area contributed by atoms with Gasteiger partial charge in [-0.1, -0.05) is 0 Å². The number of hydrogen-bond donors (Lipinski definition) is 6. The number of aliphatic hydroxyl groups is 3. The molecule has 0 spiro atoms. The summed E-state index contributed by atoms with van der Waals surface area (Å²) in [5.41, 5.74) is 0. The van der Waals surface area contributed by atoms with Gasteiger partial charge in [0.25, 0.3) is 0 Å². The second-order valence-electron chi connectivity index (χ2n) is 3.69. The molecule has 1 fully saturated rings. The Kier molecular flexibility index (Phi) is 4.81. The first-order valence-electron chi connectivity index (χ1n) is 4.76. The van der Waals surface area contributed by atoms with Crippen molar-refractivity contribution < 1.29 is 48.8 Å². The van der Waals surface area contributed by atoms with Crippen LogP contribution in [0, 0.1) is 0 Å². The molecule has 1 rings (SSSR count). The number of hydrogen-bond acceptors (Lipinski definition) is 7. The van der Waals surface area contributed by atoms with E-state index in [9.17, 15) is 24.7 Å². The first kappa shape index (κ1) is 15.5. The van der Waals surface area contributed by atoms with Crippen molar-refractivity contribution in [3.63, 3.8) is 0 Å². The Morgan fingerprint density at radius 3 is 2.17 bits per heavy atom. The number of ether oxygens (including phenoxy) is 1. The SMILES string of the molecule is O=C(O)[C@H]1OC(COP(=O)(O)O)[C@H](O)[C@@H](O)[C@H]1O. The number of carboxylic acids is 1. The van der Waals surface area contributed by atoms with E-state index in [-0.39, 0.29) is 0 Å². The molecule has 0 aromatic heterocycles. The number of aliphatic carboxylic acids is 1. The molecule has 10 nitrogen and oxygen atoms in total. The zero-order valence-corrected chi connectivity index (χ0v) is 9.75. The van der Waals surface area contributed by atoms with Crippen molar-refractivity contribution in [3.05, 3.63) is 0 Å². The molecule has 5 atom stereocenters. The van der Waals surface area contributed by atoms with Crippen LogP contribution >= 0.6 is 7.82 Å². The quantitative estimate of drug-likeness (QED) is 0.293. The lowest BCUT2D eigenvalue weighted by atomic mass is 9.95. The molecule has 1 saturated heterocycles. The highest BCUT2D eigenvalue weighted by atomic mass is 31.2. The fourth-order valence-electron chi connectivity index (χ4n) is 1.46. The van der Waals surface area contributed by atoms with Crippen molar-refractivity contribution in [2.45, 2.75) is 30.5 Å². The van der Waals surface area contributed by atoms with Gasteiger partial charge in [-0.3, -0.25) is 4.52 Å². The Hall–Kier alpha value is -0.580. The van der Waals surface area contributed by atoms with E-state index >= 15 is 0 Å². The molecule has 1 heterocycles. The van der Waals surface area contributed by atoms with Crippen LogP contribution in [-0.2, 0) is 18.6 Å². The lowest BCUT2D eigenvalue weighted by Gasteiger charge is -2.38. The fourth-order valence-corrected chi connectivity index (χ4v) is 1.80. The van der Waals surface area contributed by atoms with Crippen molar-refractivity contribution in [1.82, 2.24) is 0 Å². The third-order valence-corrected chi connectivity index (χ3v) is 2.85. The Morgan fingerprint density at radius 2 is 1.72 bits per heavy atom. The standard InChI is InChI=1S/C7H13O10P/c8-3-2(1-16-18(13,14)15)17-6(7(11)12)5(10)4(3)9/h2-6,8-10H,1H2,(H,11,12)(H2,13,14,15)/t2?,3-,4+,5+,6-/m0/s1. The van der Waals surface area contributed by atoms with E-state index in [1.165, 1.54) is 0 Å². The van der Waals surface area contributed by atoms with Gasteiger partial charge in [0, 0.05) is 0 Å². The molecule has 0 radical (unpaired) electrons. The molecule has 106 valence electrons. The number of aliphatic hydroxyl groups excluding tert-OH is 3. The van der Waals surface area contributed by atoms with Gasteiger partial charge in [0.1, 0.15) is 24.4 Å². The summed E-state index contributed by atoms with van der Waals surface area (Å²) in [6, 6.07) is 0. The molecule has 11 heteroatoms. The smallest absolute Gasteiger partial charge is 0.469 e. The summed E-state index contributed by atoms with van der Waals surface area (Å²) >= 11 is 0. The molecule has 0 saturated carbocycles. The van der Waals surface area contributed by atoms with Gasteiger partial charge in [0.2, 0.25) is 0 Å². The van der Waals surface area contributed by atoms with Crippen LogP contribution in [0.1, 0.15) is 0 Å². The zero-order chi connectivity index (χ0) is 14.1. The van der Waals surface area contributed by atoms with E-state index in [4.69, 9.17) is 19.6 Å². The van der Waals surface area contributed by atoms with Crippen LogP contribution in [-0.4, -0.2) is 73.3 Å². The summed E-state index contributed by atoms with van der Waals surface area (Å²) < 4.78 is 19.2. The second-order valence-corrected chi connectivity index (χ2v) is 4.93. The second kappa shape index (κ2) is 5.59. The summed E-state index contributed by atoms with van der Waals surface area (Å²) in [6.07, 6.45) is -8.73. The van der Waals surface area contributed by atoms with Gasteiger partial charge in [-0.15, -0.1) is 0 Å². The number of phosphoric acid groups is 1. The number of carbonyl (C=O) groups is 1. The van der Waals surface area contributed by atoms with Gasteiger partial charge in [0.05, 0.1) is 6.61 Å². The Labute approximate surface area is 101 Å². The highest BCUT2D eigenvalue weighted by molar-refractivity contribution is 7.46. The average molecular weight is 288 g/mol. The molecular formula is C7H13O10P. The predicted molar refractivity (Wildman–Crippen MR) is 52.3 cm³/mol. The largest absolute Gasteiger partial charge is 0.479 e. The lowest BCUT2D eigenvalue weighted by molar-refractivity contribution is -0.232. The summed E-state index contributed by atoms with van der Waals surface area (Å²) in [5, 5.41) is 36.8. The minimum absolute atomic E-state index is 0.834. The summed E-state index contributed by atoms with van der Waals surface area (Å²) in [5.74, 6) is -1.59. The van der Waals surface area contributed by atoms with Gasteiger partial charge in [-0.05, 0) is 0 Å². The van der Waals surface area contributed by atoms with Crippen LogP contribution in [0.5, 0.6) is 0 Å². The Balaban J connectivity index is 2.73. The fraction of sp³-hybridized carbons (Fsp3) is 0.857. The van der Waals surface area contributed by atoms with Crippen LogP contribution in [0.4, 0.5) is 0 Å². The van der Waals surface area contributed by atoms with Crippen LogP contribution in [0.25, 0.3) is 0 Å². The molecule has 18 heavy (non-hydrogen) atoms. The number of rotatable bonds is 4. The van der Waals surface area contributed by atoms with Crippen LogP contribution < -0.4 is 0 Å². The van der Waals surface area contributed by atoms with Gasteiger partial charge < -0.3 is 34.9 Å². The summed E-state index contributed by atoms with van der Waals surface area (Å²) in [6.45, 7) is -0.834. The lowest BCUT2D eigenvalue weighted by Crippen LogP contribution is -2.60. The Morgan fingerprint density at radius 1 is 1.17 bits per heavy atom. The summed E-state index contributed by atoms with van der Waals surface area (Å²) in [7, 11) is -4.82. The van der Waals surface area contributed by atoms with Crippen molar-refractivity contribution in [3.8, 4) is 0 Å². The highest BCUT2D eigenvalue weighted by Gasteiger charge is 2.47. The monoisotopic (exact) mass is 288 g/mol. The van der Waals surface area contributed by atoms with Crippen molar-refractivity contribution in [2.24, 2.45) is 0 Å². The topological polar surface area (TPSA) is 174 Å². The van der Waals surface area contributed by atoms with E-state index in [1.54, 1.807) is 0 Å². The predicted octanol–water partition coefficient (Wildman–Crippen LogP) is -2.97. The van der Waals surface area contributed by atoms with Gasteiger partial charge >= 0.3 is 13.8 Å². The van der Waals surface area contributed by atoms with Crippen LogP contribution in [0.3, 0.4) is 0 Å². The minimum atomic E-state index is -4.82. The molecule has 0 amide bonds. The first-order chi connectivity index (χ1) is 8.13. The third kappa shape index (κ3) is 3.70. The number of phosphoric ester groups is 1. The van der Waals surface area contributed by atoms with Crippen molar-refractivity contribution >= 4 is 13.8 Å². The van der Waals surface area contributed by atoms with E-state index in [0.717, 1.165) is 0 Å². The van der Waals surface area contributed by atoms with E-state index in [0.29, 0.717) is 0 Å². The first-order valence-corrected chi connectivity index (χ1v) is 6.29. The molecule has 1 aliphatic rings. The minimum Gasteiger partial charge on any atom is -0.479 e. The normalized spacial score (nSPS) is 37.5. The maximum atomic E-state index is 10.7. The van der Waals surface area contributed by atoms with Gasteiger partial charge in [0.15, 0.2) is 6.10 Å². The molecular weight excluding hydrogens is 275 g/mol. The summed E-state index contributed by atoms with van der Waals surface area (Å²) in [4.78, 5) is 27.6. The maximum absolute atomic E-state index is 10.7. The number of carboxylic acid groups (broad SMARTS) is 1. The third-order valence-electron chi connectivity index (χ3n) is 2.36. The molecule has 6 N–H and O–H groups in total. The van der Waals surface area contributed by atoms with E-state index in [2.05, 4.69) is 4.52 Å². The van der Waals surface area contributed by atoms with Crippen molar-refractivity contribution in [1.29, 1.82) is 0 Å². The highest BCUT2D eigenvalue weighted by Crippen LogP contribution is 2.36. The van der Waals surface area contributed by atoms with Crippen LogP contribution in [0.15, 0.2) is 0 Å². The molecule has 0 bridgehead atoms. The maximum Gasteiger partial charge on any atom is 0.469 e. The van der Waals surface area contributed by atoms with Gasteiger partial charge in [-0.25, -0.2) is 9.36 Å². The van der Waals surface area contributed by atoms with Gasteiger partial charge in [-0.2, -0.15) is 0 Å². The molecule has 0 aromatic rings. The molecule has 0 aromatic carbocycles. The zero-order valence-electron chi connectivity index (χ0n) is 8.86. The molecule has 0 aliphatic carbocycles. The van der Waals surface area contributed by atoms with Crippen molar-refractivity contribution in [2.75, 3.05) is 6.61 Å².